The normalized spacial score (nSPS) is 10.3. The van der Waals surface area contributed by atoms with E-state index in [2.05, 4.69) is 41.8 Å². The van der Waals surface area contributed by atoms with Crippen LogP contribution in [0.4, 0.5) is 0 Å². The number of thioether (sulfide) groups is 1. The highest BCUT2D eigenvalue weighted by molar-refractivity contribution is 7.98. The highest BCUT2D eigenvalue weighted by atomic mass is 35.5. The number of hydrogen-bond donors (Lipinski definition) is 0. The highest BCUT2D eigenvalue weighted by Crippen LogP contribution is 2.27. The molecule has 0 aliphatic rings. The Morgan fingerprint density at radius 2 is 1.93 bits per heavy atom. The number of nitrogens with zero attached hydrogens (tertiary/aromatic N) is 2. The fourth-order valence-corrected chi connectivity index (χ4v) is 3.83. The second-order valence-corrected chi connectivity index (χ2v) is 8.55. The summed E-state index contributed by atoms with van der Waals surface area (Å²) in [6.45, 7) is 1.74. The molecule has 5 nitrogen and oxygen atoms in total. The molecule has 8 heteroatoms. The largest absolute Gasteiger partial charge is 0.546 e. The lowest BCUT2D eigenvalue weighted by Crippen LogP contribution is -2.28. The Kier molecular flexibility index (Phi) is 13.7. The monoisotopic (exact) mass is 460 g/mol. The van der Waals surface area contributed by atoms with Crippen molar-refractivity contribution in [3.8, 4) is 5.75 Å². The SMILES string of the molecule is CCCCCCCCSCn1cc[n+](C)c1.O=C([O-])COc1ccc(Cl)cc1Cl. The minimum atomic E-state index is -1.30. The Labute approximate surface area is 188 Å². The fraction of sp³-hybridized carbons (Fsp3) is 0.524. The molecule has 0 aliphatic heterocycles. The molecule has 0 unspecified atom stereocenters. The fourth-order valence-electron chi connectivity index (χ4n) is 2.46. The Morgan fingerprint density at radius 3 is 2.55 bits per heavy atom. The summed E-state index contributed by atoms with van der Waals surface area (Å²) >= 11 is 13.3. The number of aliphatic carboxylic acids is 1. The van der Waals surface area contributed by atoms with Crippen LogP contribution in [0.5, 0.6) is 5.75 Å². The molecule has 0 fully saturated rings. The van der Waals surface area contributed by atoms with Crippen molar-refractivity contribution in [3.05, 3.63) is 47.0 Å². The van der Waals surface area contributed by atoms with E-state index in [0.717, 1.165) is 5.88 Å². The van der Waals surface area contributed by atoms with Crippen LogP contribution in [0.15, 0.2) is 36.9 Å². The van der Waals surface area contributed by atoms with E-state index >= 15 is 0 Å². The minimum Gasteiger partial charge on any atom is -0.546 e. The lowest BCUT2D eigenvalue weighted by molar-refractivity contribution is -0.670. The summed E-state index contributed by atoms with van der Waals surface area (Å²) in [6.07, 6.45) is 14.7. The molecule has 1 aromatic heterocycles. The number of aryl methyl sites for hydroxylation is 1. The van der Waals surface area contributed by atoms with Crippen molar-refractivity contribution in [2.75, 3.05) is 12.4 Å². The van der Waals surface area contributed by atoms with Gasteiger partial charge in [-0.1, -0.05) is 62.2 Å². The summed E-state index contributed by atoms with van der Waals surface area (Å²) < 4.78 is 9.13. The topological polar surface area (TPSA) is 58.2 Å². The predicted molar refractivity (Wildman–Crippen MR) is 118 cm³/mol. The van der Waals surface area contributed by atoms with E-state index < -0.39 is 12.6 Å². The van der Waals surface area contributed by atoms with Crippen LogP contribution in [0.2, 0.25) is 10.0 Å². The van der Waals surface area contributed by atoms with Gasteiger partial charge in [-0.3, -0.25) is 0 Å². The van der Waals surface area contributed by atoms with E-state index in [1.807, 2.05) is 11.8 Å². The van der Waals surface area contributed by atoms with Gasteiger partial charge < -0.3 is 14.6 Å². The van der Waals surface area contributed by atoms with E-state index in [9.17, 15) is 9.90 Å². The summed E-state index contributed by atoms with van der Waals surface area (Å²) in [5, 5.41) is 10.8. The maximum Gasteiger partial charge on any atom is 0.244 e. The van der Waals surface area contributed by atoms with Gasteiger partial charge in [-0.25, -0.2) is 9.13 Å². The van der Waals surface area contributed by atoms with Crippen molar-refractivity contribution in [2.24, 2.45) is 7.05 Å². The first kappa shape index (κ1) is 25.7. The summed E-state index contributed by atoms with van der Waals surface area (Å²) in [6, 6.07) is 4.51. The number of rotatable bonds is 12. The molecule has 0 spiro atoms. The number of carbonyl (C=O) groups is 1. The lowest BCUT2D eigenvalue weighted by Gasteiger charge is -2.07. The average molecular weight is 461 g/mol. The van der Waals surface area contributed by atoms with E-state index in [1.165, 1.54) is 56.4 Å². The van der Waals surface area contributed by atoms with Crippen LogP contribution >= 0.6 is 35.0 Å². The van der Waals surface area contributed by atoms with Crippen LogP contribution in [-0.2, 0) is 17.7 Å². The third-order valence-electron chi connectivity index (χ3n) is 3.95. The molecule has 0 radical (unpaired) electrons. The number of ether oxygens (including phenoxy) is 1. The number of imidazole rings is 1. The standard InChI is InChI=1S/C13H25N2S.C8H6Cl2O3/c1-3-4-5-6-7-8-11-16-13-15-10-9-14(2)12-15;9-5-1-2-7(6(10)3-5)13-4-8(11)12/h9-10,12H,3-8,11,13H2,1-2H3;1-3H,4H2,(H,11,12)/q+1;/p-1. The Morgan fingerprint density at radius 1 is 1.21 bits per heavy atom. The van der Waals surface area contributed by atoms with Gasteiger partial charge >= 0.3 is 0 Å². The molecule has 29 heavy (non-hydrogen) atoms. The number of hydrogen-bond acceptors (Lipinski definition) is 4. The van der Waals surface area contributed by atoms with Gasteiger partial charge in [0.1, 0.15) is 30.6 Å². The number of halogens is 2. The van der Waals surface area contributed by atoms with E-state index in [1.54, 1.807) is 6.07 Å². The van der Waals surface area contributed by atoms with Crippen molar-refractivity contribution in [2.45, 2.75) is 51.3 Å². The molecule has 1 heterocycles. The minimum absolute atomic E-state index is 0.272. The van der Waals surface area contributed by atoms with Gasteiger partial charge in [0, 0.05) is 5.02 Å². The van der Waals surface area contributed by atoms with Gasteiger partial charge in [-0.15, -0.1) is 11.8 Å². The van der Waals surface area contributed by atoms with Crippen LogP contribution in [0, 0.1) is 0 Å². The van der Waals surface area contributed by atoms with Crippen LogP contribution < -0.4 is 14.4 Å². The molecule has 0 aliphatic carbocycles. The number of benzene rings is 1. The smallest absolute Gasteiger partial charge is 0.244 e. The molecule has 2 rings (SSSR count). The van der Waals surface area contributed by atoms with E-state index in [4.69, 9.17) is 27.9 Å². The zero-order chi connectivity index (χ0) is 21.5. The molecular formula is C21H30Cl2N2O3S. The second kappa shape index (κ2) is 15.5. The molecule has 1 aromatic carbocycles. The molecular weight excluding hydrogens is 431 g/mol. The van der Waals surface area contributed by atoms with Crippen LogP contribution in [-0.4, -0.2) is 22.9 Å². The van der Waals surface area contributed by atoms with Gasteiger partial charge in [0.15, 0.2) is 0 Å². The molecule has 0 amide bonds. The quantitative estimate of drug-likeness (QED) is 0.345. The average Bonchev–Trinajstić information content (AvgIpc) is 3.09. The van der Waals surface area contributed by atoms with Gasteiger partial charge in [-0.2, -0.15) is 0 Å². The maximum absolute atomic E-state index is 10.0. The molecule has 162 valence electrons. The molecule has 0 saturated heterocycles. The summed E-state index contributed by atoms with van der Waals surface area (Å²) in [5.41, 5.74) is 0. The Hall–Kier alpha value is -1.37. The van der Waals surface area contributed by atoms with Crippen molar-refractivity contribution < 1.29 is 19.2 Å². The third-order valence-corrected chi connectivity index (χ3v) is 5.53. The zero-order valence-electron chi connectivity index (χ0n) is 17.1. The van der Waals surface area contributed by atoms with Gasteiger partial charge in [0.2, 0.25) is 6.33 Å². The predicted octanol–water partition coefficient (Wildman–Crippen LogP) is 4.49. The number of unbranched alkanes of at least 4 members (excludes halogenated alkanes) is 5. The van der Waals surface area contributed by atoms with Gasteiger partial charge in [-0.05, 0) is 30.4 Å². The van der Waals surface area contributed by atoms with Crippen LogP contribution in [0.25, 0.3) is 0 Å². The number of aromatic nitrogens is 2. The first-order chi connectivity index (χ1) is 13.9. The molecule has 0 saturated carbocycles. The van der Waals surface area contributed by atoms with Gasteiger partial charge in [0.05, 0.1) is 18.0 Å². The summed E-state index contributed by atoms with van der Waals surface area (Å²) in [4.78, 5) is 10.0. The van der Waals surface area contributed by atoms with Crippen molar-refractivity contribution in [1.29, 1.82) is 0 Å². The molecule has 0 atom stereocenters. The van der Waals surface area contributed by atoms with E-state index in [-0.39, 0.29) is 10.8 Å². The molecule has 0 bridgehead atoms. The van der Waals surface area contributed by atoms with Crippen LogP contribution in [0.3, 0.4) is 0 Å². The number of carbonyl (C=O) groups excluding carboxylic acids is 1. The maximum atomic E-state index is 10.0. The van der Waals surface area contributed by atoms with Crippen molar-refractivity contribution in [1.82, 2.24) is 4.57 Å². The number of carboxylic acid groups (broad SMARTS) is 1. The second-order valence-electron chi connectivity index (χ2n) is 6.63. The molecule has 0 N–H and O–H groups in total. The van der Waals surface area contributed by atoms with Gasteiger partial charge in [0.25, 0.3) is 0 Å². The summed E-state index contributed by atoms with van der Waals surface area (Å²) in [5.74, 6) is 1.37. The zero-order valence-corrected chi connectivity index (χ0v) is 19.4. The van der Waals surface area contributed by atoms with E-state index in [0.29, 0.717) is 5.02 Å². The molecule has 2 aromatic rings. The Bertz CT molecular complexity index is 726. The first-order valence-electron chi connectivity index (χ1n) is 9.78. The van der Waals surface area contributed by atoms with Crippen molar-refractivity contribution >= 4 is 40.9 Å². The highest BCUT2D eigenvalue weighted by Gasteiger charge is 2.01. The lowest BCUT2D eigenvalue weighted by atomic mass is 10.1. The summed E-state index contributed by atoms with van der Waals surface area (Å²) in [7, 11) is 2.06. The third kappa shape index (κ3) is 12.7. The Balaban J connectivity index is 0.000000296. The first-order valence-corrected chi connectivity index (χ1v) is 11.7. The van der Waals surface area contributed by atoms with Crippen molar-refractivity contribution in [3.63, 3.8) is 0 Å². The number of carboxylic acids is 1. The van der Waals surface area contributed by atoms with Crippen LogP contribution in [0.1, 0.15) is 45.4 Å².